The van der Waals surface area contributed by atoms with Crippen LogP contribution < -0.4 is 10.6 Å². The van der Waals surface area contributed by atoms with Crippen LogP contribution in [0.2, 0.25) is 0 Å². The highest BCUT2D eigenvalue weighted by Gasteiger charge is 2.23. The molecular weight excluding hydrogens is 538 g/mol. The molecule has 0 radical (unpaired) electrons. The number of pyridine rings is 1. The average Bonchev–Trinajstić information content (AvgIpc) is 3.77. The molecule has 2 aliphatic heterocycles. The maximum absolute atomic E-state index is 13.3. The van der Waals surface area contributed by atoms with Crippen LogP contribution in [0.5, 0.6) is 0 Å². The molecule has 2 aromatic carbocycles. The van der Waals surface area contributed by atoms with E-state index in [9.17, 15) is 4.79 Å². The highest BCUT2D eigenvalue weighted by atomic mass is 16.6. The number of ether oxygens (including phenoxy) is 1. The molecule has 5 heterocycles. The molecule has 2 atom stereocenters. The summed E-state index contributed by atoms with van der Waals surface area (Å²) in [6.07, 6.45) is 5.57. The third-order valence-corrected chi connectivity index (χ3v) is 7.70. The summed E-state index contributed by atoms with van der Waals surface area (Å²) in [5, 5.41) is 7.81. The normalized spacial score (nSPS) is 18.4. The number of aromatic nitrogens is 3. The van der Waals surface area contributed by atoms with Crippen molar-refractivity contribution in [2.45, 2.75) is 52.3 Å². The van der Waals surface area contributed by atoms with E-state index < -0.39 is 11.7 Å². The van der Waals surface area contributed by atoms with Gasteiger partial charge in [-0.25, -0.2) is 9.78 Å². The third-order valence-electron chi connectivity index (χ3n) is 7.70. The van der Waals surface area contributed by atoms with E-state index in [1.54, 1.807) is 4.57 Å². The van der Waals surface area contributed by atoms with Crippen LogP contribution in [-0.2, 0) is 4.74 Å². The van der Waals surface area contributed by atoms with E-state index in [0.717, 1.165) is 74.8 Å². The van der Waals surface area contributed by atoms with E-state index in [-0.39, 0.29) is 6.04 Å². The fraction of sp³-hybridized carbons (Fsp3) is 0.294. The van der Waals surface area contributed by atoms with Crippen LogP contribution in [0.15, 0.2) is 83.2 Å². The van der Waals surface area contributed by atoms with Crippen molar-refractivity contribution in [3.63, 3.8) is 0 Å². The molecule has 43 heavy (non-hydrogen) atoms. The van der Waals surface area contributed by atoms with Gasteiger partial charge < -0.3 is 19.8 Å². The van der Waals surface area contributed by atoms with Crippen LogP contribution in [0.3, 0.4) is 0 Å². The van der Waals surface area contributed by atoms with Crippen LogP contribution in [0.4, 0.5) is 4.79 Å². The van der Waals surface area contributed by atoms with E-state index in [0.29, 0.717) is 6.04 Å². The number of nitrogens with zero attached hydrogens (tertiary/aromatic N) is 5. The topological polar surface area (TPSA) is 97.3 Å². The molecule has 0 saturated heterocycles. The molecule has 0 fully saturated rings. The quantitative estimate of drug-likeness (QED) is 0.280. The number of imidazole rings is 1. The fourth-order valence-corrected chi connectivity index (χ4v) is 5.61. The van der Waals surface area contributed by atoms with Crippen molar-refractivity contribution in [3.05, 3.63) is 84.3 Å². The van der Waals surface area contributed by atoms with Crippen LogP contribution in [0.25, 0.3) is 38.9 Å². The second-order valence-electron chi connectivity index (χ2n) is 12.5. The van der Waals surface area contributed by atoms with Crippen molar-refractivity contribution in [2.75, 3.05) is 13.1 Å². The zero-order chi connectivity index (χ0) is 29.9. The summed E-state index contributed by atoms with van der Waals surface area (Å²) in [5.74, 6) is 1.77. The van der Waals surface area contributed by atoms with Crippen LogP contribution in [0.1, 0.15) is 45.7 Å². The van der Waals surface area contributed by atoms with Crippen LogP contribution in [-0.4, -0.2) is 62.5 Å². The number of aliphatic imine (C=N–C) groups is 2. The number of amidine groups is 2. The first-order valence-electron chi connectivity index (χ1n) is 14.7. The largest absolute Gasteiger partial charge is 0.443 e. The Hall–Kier alpha value is -4.92. The van der Waals surface area contributed by atoms with Gasteiger partial charge in [0.1, 0.15) is 22.9 Å². The van der Waals surface area contributed by atoms with Gasteiger partial charge in [-0.15, -0.1) is 0 Å². The molecule has 2 N–H and O–H groups in total. The zero-order valence-electron chi connectivity index (χ0n) is 25.0. The SMILES string of the molecule is CC1CN=C(c2ccc3c(-c4ccc(-c5cn6cc(C7=NCC(C)N7)ccc6n5)cc4)cn(C(=O)OC(C)(C)C)c3c2)N1. The van der Waals surface area contributed by atoms with Crippen molar-refractivity contribution >= 4 is 34.3 Å². The minimum absolute atomic E-state index is 0.287. The van der Waals surface area contributed by atoms with Gasteiger partial charge in [0, 0.05) is 58.3 Å². The van der Waals surface area contributed by atoms with Crippen molar-refractivity contribution in [2.24, 2.45) is 9.98 Å². The summed E-state index contributed by atoms with van der Waals surface area (Å²) >= 11 is 0. The van der Waals surface area contributed by atoms with Crippen LogP contribution in [0, 0.1) is 0 Å². The van der Waals surface area contributed by atoms with Crippen molar-refractivity contribution in [3.8, 4) is 22.4 Å². The Morgan fingerprint density at radius 3 is 2.09 bits per heavy atom. The lowest BCUT2D eigenvalue weighted by Crippen LogP contribution is -2.28. The summed E-state index contributed by atoms with van der Waals surface area (Å²) in [6, 6.07) is 19.2. The van der Waals surface area contributed by atoms with E-state index in [1.807, 2.05) is 49.7 Å². The number of nitrogens with one attached hydrogen (secondary N) is 2. The smallest absolute Gasteiger partial charge is 0.419 e. The highest BCUT2D eigenvalue weighted by molar-refractivity contribution is 6.07. The Bertz CT molecular complexity index is 1940. The molecule has 0 spiro atoms. The minimum Gasteiger partial charge on any atom is -0.443 e. The summed E-state index contributed by atoms with van der Waals surface area (Å²) in [4.78, 5) is 27.4. The molecule has 0 saturated carbocycles. The van der Waals surface area contributed by atoms with Gasteiger partial charge in [-0.05, 0) is 58.4 Å². The molecule has 9 heteroatoms. The molecule has 3 aromatic heterocycles. The van der Waals surface area contributed by atoms with E-state index in [4.69, 9.17) is 9.72 Å². The standard InChI is InChI=1S/C34H35N7O2/c1-20-15-35-31(37-20)24-10-12-26-27(18-41(29(26)14-24)33(42)43-34(3,4)5)22-6-8-23(9-7-22)28-19-40-17-25(11-13-30(40)39-28)32-36-16-21(2)38-32/h6-14,17-21H,15-16H2,1-5H3,(H,35,37)(H,36,38). The lowest BCUT2D eigenvalue weighted by molar-refractivity contribution is 0.0544. The predicted molar refractivity (Wildman–Crippen MR) is 171 cm³/mol. The molecule has 2 aliphatic rings. The fourth-order valence-electron chi connectivity index (χ4n) is 5.61. The van der Waals surface area contributed by atoms with Gasteiger partial charge in [0.2, 0.25) is 0 Å². The van der Waals surface area contributed by atoms with Gasteiger partial charge in [0.15, 0.2) is 0 Å². The first-order valence-corrected chi connectivity index (χ1v) is 14.7. The number of fused-ring (bicyclic) bond motifs is 2. The Morgan fingerprint density at radius 2 is 1.44 bits per heavy atom. The molecule has 9 nitrogen and oxygen atoms in total. The Morgan fingerprint density at radius 1 is 0.814 bits per heavy atom. The number of carbonyl (C=O) groups is 1. The summed E-state index contributed by atoms with van der Waals surface area (Å²) in [5.41, 5.74) is 6.88. The Labute approximate surface area is 250 Å². The molecule has 0 aliphatic carbocycles. The molecule has 5 aromatic rings. The number of hydrogen-bond acceptors (Lipinski definition) is 7. The van der Waals surface area contributed by atoms with E-state index in [2.05, 4.69) is 83.1 Å². The molecule has 7 rings (SSSR count). The molecule has 218 valence electrons. The highest BCUT2D eigenvalue weighted by Crippen LogP contribution is 2.34. The Kier molecular flexibility index (Phi) is 6.34. The summed E-state index contributed by atoms with van der Waals surface area (Å²) < 4.78 is 9.42. The number of hydrogen-bond donors (Lipinski definition) is 2. The third kappa shape index (κ3) is 5.16. The van der Waals surface area contributed by atoms with Gasteiger partial charge in [-0.2, -0.15) is 0 Å². The molecule has 0 bridgehead atoms. The number of benzene rings is 2. The van der Waals surface area contributed by atoms with Gasteiger partial charge in [0.25, 0.3) is 0 Å². The van der Waals surface area contributed by atoms with Crippen molar-refractivity contribution in [1.29, 1.82) is 0 Å². The number of rotatable bonds is 4. The maximum Gasteiger partial charge on any atom is 0.419 e. The van der Waals surface area contributed by atoms with E-state index >= 15 is 0 Å². The maximum atomic E-state index is 13.3. The summed E-state index contributed by atoms with van der Waals surface area (Å²) in [7, 11) is 0. The second kappa shape index (κ2) is 10.1. The van der Waals surface area contributed by atoms with Gasteiger partial charge >= 0.3 is 6.09 Å². The van der Waals surface area contributed by atoms with Gasteiger partial charge in [-0.1, -0.05) is 36.4 Å². The lowest BCUT2D eigenvalue weighted by Gasteiger charge is -2.19. The predicted octanol–water partition coefficient (Wildman–Crippen LogP) is 5.88. The molecule has 0 amide bonds. The van der Waals surface area contributed by atoms with E-state index in [1.165, 1.54) is 0 Å². The average molecular weight is 574 g/mol. The lowest BCUT2D eigenvalue weighted by atomic mass is 10.0. The summed E-state index contributed by atoms with van der Waals surface area (Å²) in [6.45, 7) is 11.4. The minimum atomic E-state index is -0.617. The monoisotopic (exact) mass is 573 g/mol. The molecule has 2 unspecified atom stereocenters. The molecular formula is C34H35N7O2. The second-order valence-corrected chi connectivity index (χ2v) is 12.5. The van der Waals surface area contributed by atoms with Gasteiger partial charge in [-0.3, -0.25) is 14.6 Å². The Balaban J connectivity index is 1.23. The van der Waals surface area contributed by atoms with Gasteiger partial charge in [0.05, 0.1) is 24.3 Å². The number of carbonyl (C=O) groups excluding carboxylic acids is 1. The van der Waals surface area contributed by atoms with Crippen molar-refractivity contribution in [1.82, 2.24) is 24.6 Å². The zero-order valence-corrected chi connectivity index (χ0v) is 25.0. The first kappa shape index (κ1) is 26.9. The first-order chi connectivity index (χ1) is 20.6. The van der Waals surface area contributed by atoms with Crippen LogP contribution >= 0.6 is 0 Å². The van der Waals surface area contributed by atoms with Crippen molar-refractivity contribution < 1.29 is 9.53 Å².